The molecule has 140 valence electrons. The number of nitrogens with zero attached hydrogens (tertiary/aromatic N) is 2. The van der Waals surface area contributed by atoms with E-state index in [4.69, 9.17) is 0 Å². The van der Waals surface area contributed by atoms with Gasteiger partial charge < -0.3 is 9.80 Å². The van der Waals surface area contributed by atoms with E-state index in [9.17, 15) is 9.59 Å². The maximum Gasteiger partial charge on any atom is 0.246 e. The Balaban J connectivity index is 1.49. The summed E-state index contributed by atoms with van der Waals surface area (Å²) in [6, 6.07) is 9.86. The van der Waals surface area contributed by atoms with E-state index in [0.717, 1.165) is 43.8 Å². The molecule has 0 aromatic heterocycles. The Morgan fingerprint density at radius 3 is 2.42 bits per heavy atom. The van der Waals surface area contributed by atoms with Crippen LogP contribution in [0.15, 0.2) is 36.4 Å². The van der Waals surface area contributed by atoms with Crippen molar-refractivity contribution >= 4 is 17.9 Å². The van der Waals surface area contributed by atoms with Crippen molar-refractivity contribution in [3.05, 3.63) is 42.0 Å². The van der Waals surface area contributed by atoms with Crippen LogP contribution in [0.4, 0.5) is 0 Å². The molecule has 0 spiro atoms. The molecule has 2 fully saturated rings. The van der Waals surface area contributed by atoms with E-state index < -0.39 is 0 Å². The fourth-order valence-electron chi connectivity index (χ4n) is 3.62. The van der Waals surface area contributed by atoms with Gasteiger partial charge in [0.05, 0.1) is 0 Å². The minimum Gasteiger partial charge on any atom is -0.342 e. The van der Waals surface area contributed by atoms with Crippen LogP contribution in [0.1, 0.15) is 44.6 Å². The minimum atomic E-state index is 0.0446. The summed E-state index contributed by atoms with van der Waals surface area (Å²) in [5, 5.41) is 0. The Hall–Kier alpha value is -2.10. The van der Waals surface area contributed by atoms with Gasteiger partial charge in [-0.25, -0.2) is 0 Å². The van der Waals surface area contributed by atoms with E-state index in [1.165, 1.54) is 12.8 Å². The van der Waals surface area contributed by atoms with Crippen LogP contribution in [0.5, 0.6) is 0 Å². The van der Waals surface area contributed by atoms with Crippen LogP contribution in [0.25, 0.3) is 6.08 Å². The number of carbonyl (C=O) groups excluding carboxylic acids is 2. The first-order chi connectivity index (χ1) is 12.7. The van der Waals surface area contributed by atoms with Crippen molar-refractivity contribution < 1.29 is 9.59 Å². The summed E-state index contributed by atoms with van der Waals surface area (Å²) in [7, 11) is 0. The smallest absolute Gasteiger partial charge is 0.246 e. The number of amides is 2. The SMILES string of the molecule is CCCN(CC1CC1)C(=O)C1CCN(C(=O)C=Cc2ccccc2)CC1. The van der Waals surface area contributed by atoms with Crippen LogP contribution in [0.2, 0.25) is 0 Å². The molecule has 1 saturated carbocycles. The number of benzene rings is 1. The van der Waals surface area contributed by atoms with Crippen LogP contribution in [0.3, 0.4) is 0 Å². The van der Waals surface area contributed by atoms with Crippen LogP contribution in [-0.4, -0.2) is 47.8 Å². The van der Waals surface area contributed by atoms with Crippen molar-refractivity contribution in [3.63, 3.8) is 0 Å². The highest BCUT2D eigenvalue weighted by Crippen LogP contribution is 2.31. The van der Waals surface area contributed by atoms with Gasteiger partial charge in [-0.15, -0.1) is 0 Å². The molecule has 1 aromatic rings. The fourth-order valence-corrected chi connectivity index (χ4v) is 3.62. The lowest BCUT2D eigenvalue weighted by atomic mass is 9.95. The first-order valence-corrected chi connectivity index (χ1v) is 9.98. The van der Waals surface area contributed by atoms with Gasteiger partial charge in [0.15, 0.2) is 0 Å². The zero-order valence-electron chi connectivity index (χ0n) is 15.8. The zero-order chi connectivity index (χ0) is 18.4. The summed E-state index contributed by atoms with van der Waals surface area (Å²) in [6.45, 7) is 5.29. The second-order valence-electron chi connectivity index (χ2n) is 7.57. The predicted molar refractivity (Wildman–Crippen MR) is 104 cm³/mol. The van der Waals surface area contributed by atoms with Crippen molar-refractivity contribution in [1.29, 1.82) is 0 Å². The average molecular weight is 354 g/mol. The van der Waals surface area contributed by atoms with Crippen molar-refractivity contribution in [2.24, 2.45) is 11.8 Å². The standard InChI is InChI=1S/C22H30N2O2/c1-2-14-24(17-19-8-9-19)22(26)20-12-15-23(16-13-20)21(25)11-10-18-6-4-3-5-7-18/h3-7,10-11,19-20H,2,8-9,12-17H2,1H3. The molecule has 0 unspecified atom stereocenters. The van der Waals surface area contributed by atoms with E-state index in [0.29, 0.717) is 19.0 Å². The number of piperidine rings is 1. The topological polar surface area (TPSA) is 40.6 Å². The molecule has 1 aliphatic carbocycles. The number of carbonyl (C=O) groups is 2. The van der Waals surface area contributed by atoms with Crippen molar-refractivity contribution in [1.82, 2.24) is 9.80 Å². The lowest BCUT2D eigenvalue weighted by Gasteiger charge is -2.34. The Labute approximate surface area is 156 Å². The van der Waals surface area contributed by atoms with Gasteiger partial charge in [0.2, 0.25) is 11.8 Å². The molecule has 1 heterocycles. The van der Waals surface area contributed by atoms with Crippen molar-refractivity contribution in [2.75, 3.05) is 26.2 Å². The molecule has 0 radical (unpaired) electrons. The van der Waals surface area contributed by atoms with Crippen molar-refractivity contribution in [3.8, 4) is 0 Å². The van der Waals surface area contributed by atoms with Crippen LogP contribution in [-0.2, 0) is 9.59 Å². The summed E-state index contributed by atoms with van der Waals surface area (Å²) in [4.78, 5) is 29.2. The normalized spacial score (nSPS) is 18.3. The predicted octanol–water partition coefficient (Wildman–Crippen LogP) is 3.59. The molecule has 1 aliphatic heterocycles. The van der Waals surface area contributed by atoms with Crippen LogP contribution in [0, 0.1) is 11.8 Å². The molecule has 2 amide bonds. The highest BCUT2D eigenvalue weighted by Gasteiger charge is 2.32. The molecule has 0 bridgehead atoms. The molecule has 2 aliphatic rings. The summed E-state index contributed by atoms with van der Waals surface area (Å²) < 4.78 is 0. The third-order valence-corrected chi connectivity index (χ3v) is 5.35. The van der Waals surface area contributed by atoms with Gasteiger partial charge in [-0.2, -0.15) is 0 Å². The molecule has 26 heavy (non-hydrogen) atoms. The summed E-state index contributed by atoms with van der Waals surface area (Å²) in [5.41, 5.74) is 1.03. The second-order valence-corrected chi connectivity index (χ2v) is 7.57. The van der Waals surface area contributed by atoms with E-state index in [1.807, 2.05) is 41.3 Å². The maximum atomic E-state index is 12.8. The number of hydrogen-bond acceptors (Lipinski definition) is 2. The lowest BCUT2D eigenvalue weighted by Crippen LogP contribution is -2.44. The van der Waals surface area contributed by atoms with Gasteiger partial charge in [0.1, 0.15) is 0 Å². The van der Waals surface area contributed by atoms with Gasteiger partial charge in [-0.3, -0.25) is 9.59 Å². The maximum absolute atomic E-state index is 12.8. The van der Waals surface area contributed by atoms with E-state index in [-0.39, 0.29) is 11.8 Å². The third-order valence-electron chi connectivity index (χ3n) is 5.35. The molecule has 0 N–H and O–H groups in total. The monoisotopic (exact) mass is 354 g/mol. The van der Waals surface area contributed by atoms with Gasteiger partial charge in [-0.1, -0.05) is 37.3 Å². The second kappa shape index (κ2) is 9.02. The van der Waals surface area contributed by atoms with Gasteiger partial charge in [-0.05, 0) is 49.7 Å². The van der Waals surface area contributed by atoms with E-state index in [1.54, 1.807) is 6.08 Å². The number of hydrogen-bond donors (Lipinski definition) is 0. The highest BCUT2D eigenvalue weighted by molar-refractivity contribution is 5.92. The van der Waals surface area contributed by atoms with E-state index >= 15 is 0 Å². The molecular weight excluding hydrogens is 324 g/mol. The molecule has 1 aromatic carbocycles. The molecule has 1 saturated heterocycles. The first-order valence-electron chi connectivity index (χ1n) is 9.98. The fraction of sp³-hybridized carbons (Fsp3) is 0.545. The molecule has 4 heteroatoms. The summed E-state index contributed by atoms with van der Waals surface area (Å²) >= 11 is 0. The third kappa shape index (κ3) is 5.20. The zero-order valence-corrected chi connectivity index (χ0v) is 15.8. The first kappa shape index (κ1) is 18.7. The molecule has 0 atom stereocenters. The summed E-state index contributed by atoms with van der Waals surface area (Å²) in [6.07, 6.45) is 8.64. The number of likely N-dealkylation sites (tertiary alicyclic amines) is 1. The lowest BCUT2D eigenvalue weighted by molar-refractivity contribution is -0.139. The largest absolute Gasteiger partial charge is 0.342 e. The summed E-state index contributed by atoms with van der Waals surface area (Å²) in [5.74, 6) is 1.17. The van der Waals surface area contributed by atoms with Gasteiger partial charge in [0, 0.05) is 38.2 Å². The van der Waals surface area contributed by atoms with E-state index in [2.05, 4.69) is 11.8 Å². The molecule has 4 nitrogen and oxygen atoms in total. The Morgan fingerprint density at radius 1 is 1.12 bits per heavy atom. The minimum absolute atomic E-state index is 0.0446. The van der Waals surface area contributed by atoms with Crippen LogP contribution >= 0.6 is 0 Å². The van der Waals surface area contributed by atoms with Crippen LogP contribution < -0.4 is 0 Å². The molecule has 3 rings (SSSR count). The molecular formula is C22H30N2O2. The van der Waals surface area contributed by atoms with Crippen molar-refractivity contribution in [2.45, 2.75) is 39.0 Å². The highest BCUT2D eigenvalue weighted by atomic mass is 16.2. The van der Waals surface area contributed by atoms with Gasteiger partial charge in [0.25, 0.3) is 0 Å². The van der Waals surface area contributed by atoms with Gasteiger partial charge >= 0.3 is 0 Å². The quantitative estimate of drug-likeness (QED) is 0.702. The Kier molecular flexibility index (Phi) is 6.48. The Morgan fingerprint density at radius 2 is 1.81 bits per heavy atom. The number of rotatable bonds is 7. The average Bonchev–Trinajstić information content (AvgIpc) is 3.50. The Bertz CT molecular complexity index is 629.